The molecule has 0 fully saturated rings. The average molecular weight is 502 g/mol. The number of hydrogen-bond donors (Lipinski definition) is 0. The van der Waals surface area contributed by atoms with Crippen LogP contribution in [0.3, 0.4) is 0 Å². The van der Waals surface area contributed by atoms with Gasteiger partial charge in [0.25, 0.3) is 0 Å². The zero-order valence-corrected chi connectivity index (χ0v) is 19.6. The van der Waals surface area contributed by atoms with Crippen molar-refractivity contribution in [1.29, 1.82) is 0 Å². The topological polar surface area (TPSA) is 35.5 Å². The second kappa shape index (κ2) is 10.5. The molecule has 0 amide bonds. The van der Waals surface area contributed by atoms with Crippen LogP contribution < -0.4 is 9.47 Å². The summed E-state index contributed by atoms with van der Waals surface area (Å²) in [6.07, 6.45) is 2.61. The van der Waals surface area contributed by atoms with Crippen molar-refractivity contribution in [3.63, 3.8) is 0 Å². The highest BCUT2D eigenvalue weighted by molar-refractivity contribution is 5.78. The van der Waals surface area contributed by atoms with E-state index >= 15 is 0 Å². The molecule has 36 heavy (non-hydrogen) atoms. The predicted octanol–water partition coefficient (Wildman–Crippen LogP) is 7.55. The number of hydrogen-bond acceptors (Lipinski definition) is 3. The van der Waals surface area contributed by atoms with Crippen LogP contribution in [0.15, 0.2) is 48.5 Å². The quantitative estimate of drug-likeness (QED) is 0.198. The molecule has 1 aliphatic rings. The minimum atomic E-state index is -1.25. The summed E-state index contributed by atoms with van der Waals surface area (Å²) in [7, 11) is 0. The Balaban J connectivity index is 1.46. The zero-order chi connectivity index (χ0) is 26.0. The summed E-state index contributed by atoms with van der Waals surface area (Å²) in [5.74, 6) is -6.69. The Hall–Kier alpha value is -3.68. The molecule has 0 heterocycles. The summed E-state index contributed by atoms with van der Waals surface area (Å²) in [4.78, 5) is 12.6. The van der Waals surface area contributed by atoms with Gasteiger partial charge >= 0.3 is 5.97 Å². The van der Waals surface area contributed by atoms with Crippen LogP contribution in [0.2, 0.25) is 0 Å². The highest BCUT2D eigenvalue weighted by Gasteiger charge is 2.26. The molecule has 3 aromatic carbocycles. The van der Waals surface area contributed by atoms with Crippen molar-refractivity contribution >= 4 is 11.5 Å². The van der Waals surface area contributed by atoms with E-state index in [0.29, 0.717) is 18.4 Å². The zero-order valence-electron chi connectivity index (χ0n) is 19.6. The molecule has 0 aromatic heterocycles. The first-order valence-electron chi connectivity index (χ1n) is 11.5. The molecule has 3 nitrogen and oxygen atoms in total. The summed E-state index contributed by atoms with van der Waals surface area (Å²) >= 11 is 0. The van der Waals surface area contributed by atoms with Crippen LogP contribution in [-0.2, 0) is 4.79 Å². The molecule has 0 spiro atoms. The molecule has 0 N–H and O–H groups in total. The fourth-order valence-corrected chi connectivity index (χ4v) is 4.17. The lowest BCUT2D eigenvalue weighted by atomic mass is 9.86. The van der Waals surface area contributed by atoms with Gasteiger partial charge in [-0.25, -0.2) is 17.6 Å². The fraction of sp³-hybridized carbons (Fsp3) is 0.250. The molecule has 3 aromatic rings. The van der Waals surface area contributed by atoms with E-state index in [2.05, 4.69) is 0 Å². The highest BCUT2D eigenvalue weighted by Crippen LogP contribution is 2.35. The first-order chi connectivity index (χ1) is 17.2. The van der Waals surface area contributed by atoms with Crippen molar-refractivity contribution in [3.8, 4) is 22.6 Å². The van der Waals surface area contributed by atoms with Crippen molar-refractivity contribution in [1.82, 2.24) is 0 Å². The minimum Gasteiger partial charge on any atom is -0.491 e. The van der Waals surface area contributed by atoms with E-state index < -0.39 is 41.0 Å². The largest absolute Gasteiger partial charge is 0.491 e. The lowest BCUT2D eigenvalue weighted by molar-refractivity contribution is -0.139. The van der Waals surface area contributed by atoms with Gasteiger partial charge in [-0.15, -0.1) is 0 Å². The smallest absolute Gasteiger partial charge is 0.314 e. The third-order valence-corrected chi connectivity index (χ3v) is 6.16. The molecule has 1 atom stereocenters. The monoisotopic (exact) mass is 502 g/mol. The van der Waals surface area contributed by atoms with Gasteiger partial charge in [0.2, 0.25) is 5.82 Å². The van der Waals surface area contributed by atoms with E-state index in [1.165, 1.54) is 43.3 Å². The molecular formula is C28H23F5O3. The van der Waals surface area contributed by atoms with Gasteiger partial charge in [0, 0.05) is 22.8 Å². The molecule has 0 bridgehead atoms. The summed E-state index contributed by atoms with van der Waals surface area (Å²) in [5, 5.41) is 0. The maximum atomic E-state index is 14.7. The van der Waals surface area contributed by atoms with Gasteiger partial charge in [0.05, 0.1) is 12.5 Å². The Labute approximate surface area is 205 Å². The van der Waals surface area contributed by atoms with Crippen LogP contribution in [-0.4, -0.2) is 12.6 Å². The molecule has 0 radical (unpaired) electrons. The number of allylic oxidation sites excluding steroid dienone is 2. The highest BCUT2D eigenvalue weighted by atomic mass is 19.2. The predicted molar refractivity (Wildman–Crippen MR) is 125 cm³/mol. The third kappa shape index (κ3) is 4.98. The molecule has 0 aliphatic heterocycles. The van der Waals surface area contributed by atoms with Crippen molar-refractivity contribution in [2.24, 2.45) is 5.92 Å². The standard InChI is InChI=1S/C28H23F5O3/c1-3-35-23-13-12-21(26(32)27(23)33)20-11-9-18(14-22(20)29)36-28(34)17-7-5-16(6-8-17)19-10-4-15(2)24(30)25(19)31/h4-5,9-14,17H,3,6-8H2,1-2H3. The van der Waals surface area contributed by atoms with Crippen LogP contribution in [0, 0.1) is 41.9 Å². The summed E-state index contributed by atoms with van der Waals surface area (Å²) in [6, 6.07) is 8.86. The van der Waals surface area contributed by atoms with Crippen molar-refractivity contribution in [2.45, 2.75) is 33.1 Å². The van der Waals surface area contributed by atoms with Crippen molar-refractivity contribution < 1.29 is 36.2 Å². The summed E-state index contributed by atoms with van der Waals surface area (Å²) in [5.41, 5.74) is 0.488. The van der Waals surface area contributed by atoms with E-state index in [1.807, 2.05) is 0 Å². The van der Waals surface area contributed by atoms with E-state index in [-0.39, 0.29) is 46.8 Å². The van der Waals surface area contributed by atoms with Gasteiger partial charge in [0.1, 0.15) is 11.6 Å². The number of rotatable bonds is 6. The Morgan fingerprint density at radius 1 is 0.889 bits per heavy atom. The Morgan fingerprint density at radius 3 is 2.25 bits per heavy atom. The fourth-order valence-electron chi connectivity index (χ4n) is 4.17. The Bertz CT molecular complexity index is 1350. The van der Waals surface area contributed by atoms with Gasteiger partial charge in [-0.2, -0.15) is 4.39 Å². The molecule has 1 aliphatic carbocycles. The number of esters is 1. The maximum absolute atomic E-state index is 14.7. The third-order valence-electron chi connectivity index (χ3n) is 6.16. The normalized spacial score (nSPS) is 15.4. The van der Waals surface area contributed by atoms with Gasteiger partial charge < -0.3 is 9.47 Å². The van der Waals surface area contributed by atoms with Crippen LogP contribution in [0.5, 0.6) is 11.5 Å². The maximum Gasteiger partial charge on any atom is 0.314 e. The molecule has 8 heteroatoms. The Morgan fingerprint density at radius 2 is 1.58 bits per heavy atom. The molecule has 0 saturated carbocycles. The molecular weight excluding hydrogens is 479 g/mol. The van der Waals surface area contributed by atoms with Crippen LogP contribution >= 0.6 is 0 Å². The van der Waals surface area contributed by atoms with Gasteiger partial charge in [0.15, 0.2) is 23.2 Å². The van der Waals surface area contributed by atoms with Gasteiger partial charge in [-0.3, -0.25) is 4.79 Å². The van der Waals surface area contributed by atoms with Gasteiger partial charge in [-0.1, -0.05) is 18.2 Å². The number of ether oxygens (including phenoxy) is 2. The van der Waals surface area contributed by atoms with Crippen molar-refractivity contribution in [3.05, 3.63) is 88.8 Å². The lowest BCUT2D eigenvalue weighted by Crippen LogP contribution is -2.22. The molecule has 188 valence electrons. The van der Waals surface area contributed by atoms with E-state index in [9.17, 15) is 26.7 Å². The van der Waals surface area contributed by atoms with E-state index in [0.717, 1.165) is 6.07 Å². The van der Waals surface area contributed by atoms with Crippen molar-refractivity contribution in [2.75, 3.05) is 6.61 Å². The second-order valence-corrected chi connectivity index (χ2v) is 8.49. The molecule has 0 saturated heterocycles. The number of halogens is 5. The summed E-state index contributed by atoms with van der Waals surface area (Å²) in [6.45, 7) is 3.24. The lowest BCUT2D eigenvalue weighted by Gasteiger charge is -2.21. The van der Waals surface area contributed by atoms with E-state index in [4.69, 9.17) is 9.47 Å². The number of carbonyl (C=O) groups excluding carboxylic acids is 1. The summed E-state index contributed by atoms with van der Waals surface area (Å²) < 4.78 is 81.9. The first kappa shape index (κ1) is 25.4. The molecule has 1 unspecified atom stereocenters. The van der Waals surface area contributed by atoms with Gasteiger partial charge in [-0.05, 0) is 68.5 Å². The minimum absolute atomic E-state index is 0.0884. The number of benzene rings is 3. The molecule has 4 rings (SSSR count). The number of aryl methyl sites for hydroxylation is 1. The number of carbonyl (C=O) groups is 1. The first-order valence-corrected chi connectivity index (χ1v) is 11.5. The Kier molecular flexibility index (Phi) is 7.43. The van der Waals surface area contributed by atoms with Crippen LogP contribution in [0.25, 0.3) is 16.7 Å². The SMILES string of the molecule is CCOc1ccc(-c2ccc(OC(=O)C3CC=C(c4ccc(C)c(F)c4F)CC3)cc2F)c(F)c1F. The van der Waals surface area contributed by atoms with Crippen LogP contribution in [0.1, 0.15) is 37.3 Å². The average Bonchev–Trinajstić information content (AvgIpc) is 2.86. The van der Waals surface area contributed by atoms with E-state index in [1.54, 1.807) is 13.0 Å². The second-order valence-electron chi connectivity index (χ2n) is 8.49. The van der Waals surface area contributed by atoms with Crippen LogP contribution in [0.4, 0.5) is 22.0 Å².